The van der Waals surface area contributed by atoms with Gasteiger partial charge in [-0.1, -0.05) is 36.4 Å². The number of nitriles is 1. The third kappa shape index (κ3) is 1.37. The van der Waals surface area contributed by atoms with Gasteiger partial charge in [-0.25, -0.2) is 0 Å². The molecular formula is C70H7N. The molecule has 1 unspecified atom stereocenters. The molecular weight excluding hydrogens is 855 g/mol. The van der Waals surface area contributed by atoms with E-state index in [4.69, 9.17) is 0 Å². The molecule has 1 nitrogen and oxygen atoms in total. The monoisotopic (exact) mass is 861 g/mol. The van der Waals surface area contributed by atoms with E-state index in [1.807, 2.05) is 0 Å². The quantitative estimate of drug-likeness (QED) is 0.151. The van der Waals surface area contributed by atoms with Crippen LogP contribution in [0.2, 0.25) is 0 Å². The van der Waals surface area contributed by atoms with Crippen molar-refractivity contribution in [2.45, 2.75) is 16.7 Å². The average molecular weight is 862 g/mol. The predicted molar refractivity (Wildman–Crippen MR) is 297 cm³/mol. The van der Waals surface area contributed by atoms with Crippen molar-refractivity contribution in [2.75, 3.05) is 0 Å². The minimum Gasteiger partial charge on any atom is -0.193 e. The molecule has 5 aliphatic rings. The van der Waals surface area contributed by atoms with Gasteiger partial charge in [0, 0.05) is 11.5 Å². The topological polar surface area (TPSA) is 23.8 Å². The summed E-state index contributed by atoms with van der Waals surface area (Å²) in [7, 11) is 0. The Morgan fingerprint density at radius 1 is 0.254 bits per heavy atom. The Bertz CT molecular complexity index is 7360. The van der Waals surface area contributed by atoms with Gasteiger partial charge < -0.3 is 0 Å². The van der Waals surface area contributed by atoms with Gasteiger partial charge in [0.2, 0.25) is 0 Å². The van der Waals surface area contributed by atoms with Crippen LogP contribution in [-0.4, -0.2) is 0 Å². The third-order valence-electron chi connectivity index (χ3n) is 25.8. The Morgan fingerprint density at radius 3 is 0.662 bits per heavy atom. The summed E-state index contributed by atoms with van der Waals surface area (Å²) in [6, 6.07) is 14.7. The number of nitrogens with zero attached hydrogens (tertiary/aromatic N) is 1. The predicted octanol–water partition coefficient (Wildman–Crippen LogP) is 18.5. The van der Waals surface area contributed by atoms with E-state index in [-0.39, 0.29) is 5.92 Å². The second-order valence-electron chi connectivity index (χ2n) is 25.9. The molecule has 2 spiro atoms. The minimum atomic E-state index is -0.538. The van der Waals surface area contributed by atoms with E-state index in [9.17, 15) is 5.26 Å². The van der Waals surface area contributed by atoms with Crippen LogP contribution in [0.15, 0.2) is 42.0 Å². The molecule has 34 rings (SSSR count). The largest absolute Gasteiger partial charge is 0.193 e. The van der Waals surface area contributed by atoms with Crippen molar-refractivity contribution in [2.24, 2.45) is 0 Å². The zero-order valence-electron chi connectivity index (χ0n) is 36.0. The highest BCUT2D eigenvalue weighted by Crippen LogP contribution is 2.87. The Labute approximate surface area is 386 Å². The van der Waals surface area contributed by atoms with Crippen molar-refractivity contribution in [1.29, 1.82) is 5.26 Å². The summed E-state index contributed by atoms with van der Waals surface area (Å²) in [6.07, 6.45) is 2.71. The van der Waals surface area contributed by atoms with Gasteiger partial charge in [0.15, 0.2) is 0 Å². The molecule has 0 saturated carbocycles. The summed E-state index contributed by atoms with van der Waals surface area (Å²) < 4.78 is 0. The van der Waals surface area contributed by atoms with Crippen LogP contribution in [0.3, 0.4) is 0 Å². The second kappa shape index (κ2) is 5.87. The summed E-state index contributed by atoms with van der Waals surface area (Å²) in [4.78, 5) is 0. The van der Waals surface area contributed by atoms with Crippen LogP contribution in [-0.2, 0) is 10.8 Å². The maximum Gasteiger partial charge on any atom is 0.0951 e. The van der Waals surface area contributed by atoms with Gasteiger partial charge in [-0.3, -0.25) is 0 Å². The first-order valence-electron chi connectivity index (χ1n) is 26.3. The van der Waals surface area contributed by atoms with Gasteiger partial charge in [-0.2, -0.15) is 5.26 Å². The van der Waals surface area contributed by atoms with Crippen molar-refractivity contribution < 1.29 is 0 Å². The third-order valence-corrected chi connectivity index (χ3v) is 25.8. The van der Waals surface area contributed by atoms with E-state index in [1.165, 1.54) is 5.56 Å². The highest BCUT2D eigenvalue weighted by atomic mass is 14.7. The van der Waals surface area contributed by atoms with Crippen molar-refractivity contribution in [3.63, 3.8) is 0 Å². The lowest BCUT2D eigenvalue weighted by molar-refractivity contribution is 0.380. The standard InChI is InChI=1S/C70H7N/c71-7-9-6-69-65-56-48-38-28-20-12-10-11-14-18-16(12)24-32-26(18)36-30-22(14)23-15(11)19-17-13(10)21(20)29-35-25(17)33-27(19)37-31(23)41-40(30)52-46(36)54-44(32)50(42(48)34(24)28)58(65)60(54)67-62(52)63-53(41)47(37)55-45(33)51-43(35)49(39(29)38)57(56)66(69)59(51)61(55)68(63)70(67,69)64(9)8-4-2-1-3-5-8/h1-6,64H. The molecule has 0 bridgehead atoms. The number of hydrogen-bond acceptors (Lipinski definition) is 1. The maximum atomic E-state index is 12.2. The molecule has 292 valence electrons. The summed E-state index contributed by atoms with van der Waals surface area (Å²) >= 11 is 0. The average Bonchev–Trinajstić information content (AvgIpc) is 4.37. The highest BCUT2D eigenvalue weighted by Gasteiger charge is 2.74. The molecule has 0 heterocycles. The fourth-order valence-corrected chi connectivity index (χ4v) is 25.9. The molecule has 0 saturated heterocycles. The van der Waals surface area contributed by atoms with Crippen molar-refractivity contribution in [3.05, 3.63) is 69.8 Å². The summed E-state index contributed by atoms with van der Waals surface area (Å²) in [6.45, 7) is 0. The zero-order valence-corrected chi connectivity index (χ0v) is 36.0. The van der Waals surface area contributed by atoms with Gasteiger partial charge >= 0.3 is 0 Å². The molecule has 1 atom stereocenters. The lowest BCUT2D eigenvalue weighted by Gasteiger charge is -2.53. The van der Waals surface area contributed by atoms with Crippen LogP contribution in [0, 0.1) is 11.3 Å². The van der Waals surface area contributed by atoms with Crippen molar-refractivity contribution >= 4 is 291 Å². The molecule has 0 fully saturated rings. The number of allylic oxidation sites excluding steroid dienone is 2. The molecule has 71 heavy (non-hydrogen) atoms. The van der Waals surface area contributed by atoms with E-state index in [1.54, 1.807) is 313 Å². The molecule has 29 aromatic rings. The maximum absolute atomic E-state index is 12.2. The number of hydrogen-bond donors (Lipinski definition) is 0. The number of rotatable bonds is 1. The van der Waals surface area contributed by atoms with Gasteiger partial charge in [0.25, 0.3) is 0 Å². The first-order chi connectivity index (χ1) is 35.4. The molecule has 29 aromatic carbocycles. The minimum absolute atomic E-state index is 0.121. The summed E-state index contributed by atoms with van der Waals surface area (Å²) in [5.74, 6) is -0.121. The van der Waals surface area contributed by atoms with E-state index in [2.05, 4.69) is 42.5 Å². The summed E-state index contributed by atoms with van der Waals surface area (Å²) in [5, 5.41) is 99.3. The molecule has 5 aliphatic carbocycles. The van der Waals surface area contributed by atoms with Crippen LogP contribution in [0.1, 0.15) is 33.7 Å². The van der Waals surface area contributed by atoms with E-state index in [0.29, 0.717) is 0 Å². The molecule has 0 radical (unpaired) electrons. The van der Waals surface area contributed by atoms with E-state index >= 15 is 0 Å². The second-order valence-corrected chi connectivity index (χ2v) is 25.9. The molecule has 0 amide bonds. The first-order valence-corrected chi connectivity index (χ1v) is 26.3. The van der Waals surface area contributed by atoms with Gasteiger partial charge in [0.05, 0.1) is 16.9 Å². The smallest absolute Gasteiger partial charge is 0.0951 e. The van der Waals surface area contributed by atoms with Crippen LogP contribution < -0.4 is 0 Å². The zero-order chi connectivity index (χ0) is 42.2. The Balaban J connectivity index is 1.19. The first kappa shape index (κ1) is 26.0. The molecule has 0 N–H and O–H groups in total. The number of benzene rings is 19. The Kier molecular flexibility index (Phi) is 2.15. The SMILES string of the molecule is N#CC1=CC23c4c5c6c7c8c9c(c%10c%11c2c2c4c4c%12c5c5c6c6c8c8c%13c9c9c%10c%10c%11c%11c2c2c4c4c%12c%12c5c5c6c8c6c8c%13c9c9c%10c%10c%11c2c2c4c4c%12c5c6c5c8c9c%10c2c45)C73C1c1ccccc1. The van der Waals surface area contributed by atoms with E-state index in [0.717, 1.165) is 5.57 Å². The molecule has 1 heteroatoms. The Hall–Kier alpha value is -9.09. The fraction of sp³-hybridized carbons (Fsp3) is 0.0429. The van der Waals surface area contributed by atoms with Gasteiger partial charge in [0.1, 0.15) is 0 Å². The highest BCUT2D eigenvalue weighted by molar-refractivity contribution is 6.82. The fourth-order valence-electron chi connectivity index (χ4n) is 25.9. The lowest BCUT2D eigenvalue weighted by Crippen LogP contribution is -2.51. The molecule has 0 aliphatic heterocycles. The van der Waals surface area contributed by atoms with Crippen molar-refractivity contribution in [3.8, 4) is 6.07 Å². The van der Waals surface area contributed by atoms with Crippen LogP contribution in [0.25, 0.3) is 291 Å². The van der Waals surface area contributed by atoms with Crippen LogP contribution >= 0.6 is 0 Å². The normalized spacial score (nSPS) is 23.3. The van der Waals surface area contributed by atoms with E-state index < -0.39 is 10.8 Å². The van der Waals surface area contributed by atoms with Crippen LogP contribution in [0.4, 0.5) is 0 Å². The van der Waals surface area contributed by atoms with Gasteiger partial charge in [-0.15, -0.1) is 0 Å². The Morgan fingerprint density at radius 2 is 0.451 bits per heavy atom. The van der Waals surface area contributed by atoms with Crippen LogP contribution in [0.5, 0.6) is 0 Å². The molecule has 0 aromatic heterocycles. The summed E-state index contributed by atoms with van der Waals surface area (Å²) in [5.41, 5.74) is 7.72. The lowest BCUT2D eigenvalue weighted by atomic mass is 9.47. The van der Waals surface area contributed by atoms with Crippen molar-refractivity contribution in [1.82, 2.24) is 0 Å². The van der Waals surface area contributed by atoms with Gasteiger partial charge in [-0.05, 0) is 319 Å².